The molecule has 124 valence electrons. The first-order valence-corrected chi connectivity index (χ1v) is 7.64. The quantitative estimate of drug-likeness (QED) is 0.857. The molecule has 3 rings (SSSR count). The summed E-state index contributed by atoms with van der Waals surface area (Å²) in [5, 5.41) is 0. The van der Waals surface area contributed by atoms with Crippen LogP contribution in [-0.4, -0.2) is 28.4 Å². The van der Waals surface area contributed by atoms with Crippen molar-refractivity contribution in [3.63, 3.8) is 0 Å². The van der Waals surface area contributed by atoms with Crippen LogP contribution in [0.5, 0.6) is 23.0 Å². The summed E-state index contributed by atoms with van der Waals surface area (Å²) in [6.07, 6.45) is 3.35. The van der Waals surface area contributed by atoms with Gasteiger partial charge in [0.25, 0.3) is 0 Å². The molecule has 4 heteroatoms. The van der Waals surface area contributed by atoms with Crippen LogP contribution >= 0.6 is 0 Å². The van der Waals surface area contributed by atoms with E-state index in [9.17, 15) is 0 Å². The van der Waals surface area contributed by atoms with E-state index in [2.05, 4.69) is 6.07 Å². The van der Waals surface area contributed by atoms with Gasteiger partial charge in [0.15, 0.2) is 11.5 Å². The van der Waals surface area contributed by atoms with Crippen LogP contribution in [0.3, 0.4) is 0 Å². The van der Waals surface area contributed by atoms with Gasteiger partial charge in [0.05, 0.1) is 28.4 Å². The van der Waals surface area contributed by atoms with E-state index in [1.807, 2.05) is 30.3 Å². The lowest BCUT2D eigenvalue weighted by atomic mass is 10.1. The molecule has 2 aromatic carbocycles. The van der Waals surface area contributed by atoms with Gasteiger partial charge >= 0.3 is 0 Å². The van der Waals surface area contributed by atoms with E-state index in [1.165, 1.54) is 17.5 Å². The highest BCUT2D eigenvalue weighted by molar-refractivity contribution is 5.60. The molecule has 0 radical (unpaired) electrons. The molecule has 0 N–H and O–H groups in total. The molecule has 0 spiro atoms. The third kappa shape index (κ3) is 3.89. The van der Waals surface area contributed by atoms with Gasteiger partial charge in [-0.25, -0.2) is 0 Å². The number of hydrogen-bond donors (Lipinski definition) is 0. The second-order valence-electron chi connectivity index (χ2n) is 5.15. The van der Waals surface area contributed by atoms with E-state index in [0.29, 0.717) is 5.75 Å². The van der Waals surface area contributed by atoms with E-state index in [0.717, 1.165) is 30.1 Å². The largest absolute Gasteiger partial charge is 0.497 e. The van der Waals surface area contributed by atoms with Crippen LogP contribution < -0.4 is 18.9 Å². The summed E-state index contributed by atoms with van der Waals surface area (Å²) >= 11 is 0. The number of hydrogen-bond acceptors (Lipinski definition) is 4. The highest BCUT2D eigenvalue weighted by atomic mass is 16.5. The van der Waals surface area contributed by atoms with Crippen molar-refractivity contribution in [3.05, 3.63) is 47.5 Å². The fourth-order valence-electron chi connectivity index (χ4n) is 2.78. The zero-order chi connectivity index (χ0) is 16.7. The molecule has 4 nitrogen and oxygen atoms in total. The van der Waals surface area contributed by atoms with Crippen LogP contribution in [0, 0.1) is 0 Å². The Balaban J connectivity index is 0.000000203. The lowest BCUT2D eigenvalue weighted by molar-refractivity contribution is 0.322. The average molecular weight is 316 g/mol. The monoisotopic (exact) mass is 316 g/mol. The fourth-order valence-corrected chi connectivity index (χ4v) is 2.78. The van der Waals surface area contributed by atoms with Crippen molar-refractivity contribution in [2.75, 3.05) is 28.4 Å². The van der Waals surface area contributed by atoms with Gasteiger partial charge < -0.3 is 18.9 Å². The van der Waals surface area contributed by atoms with E-state index in [-0.39, 0.29) is 0 Å². The average Bonchev–Trinajstić information content (AvgIpc) is 3.09. The third-order valence-corrected chi connectivity index (χ3v) is 3.88. The number of methoxy groups -OCH3 is 4. The minimum absolute atomic E-state index is 0.709. The van der Waals surface area contributed by atoms with E-state index < -0.39 is 0 Å². The third-order valence-electron chi connectivity index (χ3n) is 3.88. The van der Waals surface area contributed by atoms with Crippen LogP contribution in [0.2, 0.25) is 0 Å². The Hall–Kier alpha value is -2.36. The number of rotatable bonds is 4. The maximum Gasteiger partial charge on any atom is 0.203 e. The molecule has 0 atom stereocenters. The fraction of sp³-hybridized carbons (Fsp3) is 0.368. The van der Waals surface area contributed by atoms with Crippen molar-refractivity contribution in [2.24, 2.45) is 0 Å². The molecular formula is C19H24O4. The Kier molecular flexibility index (Phi) is 6.15. The van der Waals surface area contributed by atoms with Gasteiger partial charge in [-0.2, -0.15) is 0 Å². The molecule has 0 unspecified atom stereocenters. The summed E-state index contributed by atoms with van der Waals surface area (Å²) in [7, 11) is 6.63. The van der Waals surface area contributed by atoms with Crippen LogP contribution in [-0.2, 0) is 12.8 Å². The SMILES string of the molecule is COc1cc2c(c(OC)c1OC)CCC2.COc1ccccc1. The predicted molar refractivity (Wildman–Crippen MR) is 91.1 cm³/mol. The number of aryl methyl sites for hydroxylation is 1. The van der Waals surface area contributed by atoms with Gasteiger partial charge in [0.2, 0.25) is 5.75 Å². The number of ether oxygens (including phenoxy) is 4. The molecule has 0 bridgehead atoms. The molecule has 2 aromatic rings. The second kappa shape index (κ2) is 8.32. The predicted octanol–water partition coefficient (Wildman–Crippen LogP) is 3.90. The molecule has 0 amide bonds. The Bertz CT molecular complexity index is 623. The first-order valence-electron chi connectivity index (χ1n) is 7.64. The summed E-state index contributed by atoms with van der Waals surface area (Å²) < 4.78 is 21.0. The van der Waals surface area contributed by atoms with Crippen molar-refractivity contribution in [1.29, 1.82) is 0 Å². The zero-order valence-corrected chi connectivity index (χ0v) is 14.2. The Morgan fingerprint density at radius 1 is 0.739 bits per heavy atom. The molecule has 0 saturated carbocycles. The van der Waals surface area contributed by atoms with Gasteiger partial charge in [-0.15, -0.1) is 0 Å². The Labute approximate surface area is 137 Å². The summed E-state index contributed by atoms with van der Waals surface area (Å²) in [6, 6.07) is 11.7. The van der Waals surface area contributed by atoms with Crippen molar-refractivity contribution in [2.45, 2.75) is 19.3 Å². The molecule has 0 aliphatic heterocycles. The smallest absolute Gasteiger partial charge is 0.203 e. The van der Waals surface area contributed by atoms with Crippen LogP contribution in [0.1, 0.15) is 17.5 Å². The minimum Gasteiger partial charge on any atom is -0.497 e. The zero-order valence-electron chi connectivity index (χ0n) is 14.2. The minimum atomic E-state index is 0.709. The molecular weight excluding hydrogens is 292 g/mol. The number of fused-ring (bicyclic) bond motifs is 1. The summed E-state index contributed by atoms with van der Waals surface area (Å²) in [5.41, 5.74) is 2.60. The highest BCUT2D eigenvalue weighted by Gasteiger charge is 2.23. The normalized spacial score (nSPS) is 11.8. The molecule has 0 heterocycles. The van der Waals surface area contributed by atoms with Crippen molar-refractivity contribution >= 4 is 0 Å². The first kappa shape index (κ1) is 17.0. The standard InChI is InChI=1S/C12H16O3.C7H8O/c1-13-10-7-8-5-4-6-9(8)11(14-2)12(10)15-3;1-8-7-5-3-2-4-6-7/h7H,4-6H2,1-3H3;2-6H,1H3. The van der Waals surface area contributed by atoms with Crippen molar-refractivity contribution in [3.8, 4) is 23.0 Å². The summed E-state index contributed by atoms with van der Waals surface area (Å²) in [5.74, 6) is 3.22. The van der Waals surface area contributed by atoms with Crippen molar-refractivity contribution < 1.29 is 18.9 Å². The molecule has 0 saturated heterocycles. The first-order chi connectivity index (χ1) is 11.2. The molecule has 1 aliphatic carbocycles. The molecule has 23 heavy (non-hydrogen) atoms. The maximum atomic E-state index is 5.42. The topological polar surface area (TPSA) is 36.9 Å². The maximum absolute atomic E-state index is 5.42. The number of benzene rings is 2. The van der Waals surface area contributed by atoms with Gasteiger partial charge in [-0.05, 0) is 43.0 Å². The van der Waals surface area contributed by atoms with Gasteiger partial charge in [0.1, 0.15) is 5.75 Å². The van der Waals surface area contributed by atoms with Crippen LogP contribution in [0.15, 0.2) is 36.4 Å². The van der Waals surface area contributed by atoms with Gasteiger partial charge in [0, 0.05) is 5.56 Å². The summed E-state index contributed by atoms with van der Waals surface area (Å²) in [4.78, 5) is 0. The van der Waals surface area contributed by atoms with Gasteiger partial charge in [-0.3, -0.25) is 0 Å². The molecule has 0 fully saturated rings. The van der Waals surface area contributed by atoms with E-state index in [1.54, 1.807) is 28.4 Å². The van der Waals surface area contributed by atoms with Gasteiger partial charge in [-0.1, -0.05) is 18.2 Å². The lowest BCUT2D eigenvalue weighted by Crippen LogP contribution is -1.99. The van der Waals surface area contributed by atoms with Crippen LogP contribution in [0.25, 0.3) is 0 Å². The molecule has 0 aromatic heterocycles. The van der Waals surface area contributed by atoms with E-state index >= 15 is 0 Å². The lowest BCUT2D eigenvalue weighted by Gasteiger charge is -2.15. The number of para-hydroxylation sites is 1. The second-order valence-corrected chi connectivity index (χ2v) is 5.15. The molecule has 1 aliphatic rings. The summed E-state index contributed by atoms with van der Waals surface area (Å²) in [6.45, 7) is 0. The Morgan fingerprint density at radius 2 is 1.43 bits per heavy atom. The van der Waals surface area contributed by atoms with Crippen molar-refractivity contribution in [1.82, 2.24) is 0 Å². The highest BCUT2D eigenvalue weighted by Crippen LogP contribution is 2.44. The van der Waals surface area contributed by atoms with Crippen LogP contribution in [0.4, 0.5) is 0 Å². The van der Waals surface area contributed by atoms with E-state index in [4.69, 9.17) is 18.9 Å². The Morgan fingerprint density at radius 3 is 1.96 bits per heavy atom.